The fourth-order valence-electron chi connectivity index (χ4n) is 2.92. The molecule has 0 spiro atoms. The lowest BCUT2D eigenvalue weighted by Crippen LogP contribution is -2.37. The number of hydrogen-bond donors (Lipinski definition) is 1. The number of carbonyl (C=O) groups is 1. The summed E-state index contributed by atoms with van der Waals surface area (Å²) in [7, 11) is -3.21. The number of aromatic nitrogens is 4. The lowest BCUT2D eigenvalue weighted by molar-refractivity contribution is -0.124. The van der Waals surface area contributed by atoms with Gasteiger partial charge in [-0.3, -0.25) is 14.2 Å². The highest BCUT2D eigenvalue weighted by Gasteiger charge is 2.25. The van der Waals surface area contributed by atoms with Crippen LogP contribution in [0.25, 0.3) is 0 Å². The third kappa shape index (κ3) is 3.90. The summed E-state index contributed by atoms with van der Waals surface area (Å²) in [6, 6.07) is 3.27. The normalized spacial score (nSPS) is 16.4. The van der Waals surface area contributed by atoms with Crippen molar-refractivity contribution in [2.24, 2.45) is 0 Å². The van der Waals surface area contributed by atoms with Crippen molar-refractivity contribution in [2.45, 2.75) is 39.0 Å². The zero-order valence-corrected chi connectivity index (χ0v) is 15.1. The maximum absolute atomic E-state index is 12.4. The molecule has 3 rings (SSSR count). The summed E-state index contributed by atoms with van der Waals surface area (Å²) >= 11 is 0. The SMILES string of the molecule is CCC(C(=O)NCc1cc2n(n1)CCN(S(C)(=O)=O)C2)n1cccn1. The number of hydrogen-bond acceptors (Lipinski definition) is 5. The Morgan fingerprint density at radius 1 is 1.40 bits per heavy atom. The molecule has 1 N–H and O–H groups in total. The molecule has 0 aromatic carbocycles. The minimum atomic E-state index is -3.21. The van der Waals surface area contributed by atoms with Gasteiger partial charge in [0, 0.05) is 18.9 Å². The van der Waals surface area contributed by atoms with Crippen LogP contribution in [0.1, 0.15) is 30.8 Å². The van der Waals surface area contributed by atoms with Crippen molar-refractivity contribution in [3.63, 3.8) is 0 Å². The van der Waals surface area contributed by atoms with E-state index < -0.39 is 10.0 Å². The molecule has 25 heavy (non-hydrogen) atoms. The maximum Gasteiger partial charge on any atom is 0.245 e. The van der Waals surface area contributed by atoms with E-state index in [4.69, 9.17) is 0 Å². The van der Waals surface area contributed by atoms with E-state index in [1.807, 2.05) is 13.0 Å². The van der Waals surface area contributed by atoms with Crippen LogP contribution in [-0.4, -0.2) is 51.0 Å². The molecule has 1 aliphatic heterocycles. The fraction of sp³-hybridized carbons (Fsp3) is 0.533. The second-order valence-electron chi connectivity index (χ2n) is 6.07. The summed E-state index contributed by atoms with van der Waals surface area (Å²) in [5.41, 5.74) is 1.55. The summed E-state index contributed by atoms with van der Waals surface area (Å²) in [6.07, 6.45) is 5.26. The van der Waals surface area contributed by atoms with Gasteiger partial charge in [0.25, 0.3) is 0 Å². The molecule has 1 aliphatic rings. The zero-order valence-electron chi connectivity index (χ0n) is 14.3. The first-order valence-corrected chi connectivity index (χ1v) is 10.0. The molecule has 136 valence electrons. The average Bonchev–Trinajstić information content (AvgIpc) is 3.21. The Labute approximate surface area is 146 Å². The largest absolute Gasteiger partial charge is 0.349 e. The van der Waals surface area contributed by atoms with Gasteiger partial charge in [0.05, 0.1) is 37.3 Å². The van der Waals surface area contributed by atoms with Crippen LogP contribution in [0.3, 0.4) is 0 Å². The molecule has 3 heterocycles. The van der Waals surface area contributed by atoms with E-state index >= 15 is 0 Å². The number of nitrogens with zero attached hydrogens (tertiary/aromatic N) is 5. The minimum Gasteiger partial charge on any atom is -0.349 e. The fourth-order valence-corrected chi connectivity index (χ4v) is 3.70. The van der Waals surface area contributed by atoms with Gasteiger partial charge in [-0.1, -0.05) is 6.92 Å². The van der Waals surface area contributed by atoms with Gasteiger partial charge in [-0.15, -0.1) is 0 Å². The molecule has 0 saturated heterocycles. The van der Waals surface area contributed by atoms with Crippen LogP contribution in [0.2, 0.25) is 0 Å². The first-order chi connectivity index (χ1) is 11.9. The lowest BCUT2D eigenvalue weighted by atomic mass is 10.2. The molecule has 1 atom stereocenters. The van der Waals surface area contributed by atoms with Gasteiger partial charge in [0.15, 0.2) is 0 Å². The Bertz CT molecular complexity index is 843. The summed E-state index contributed by atoms with van der Waals surface area (Å²) in [6.45, 7) is 3.47. The number of nitrogens with one attached hydrogen (secondary N) is 1. The van der Waals surface area contributed by atoms with Gasteiger partial charge in [0.1, 0.15) is 6.04 Å². The minimum absolute atomic E-state index is 0.116. The highest BCUT2D eigenvalue weighted by Crippen LogP contribution is 2.16. The molecule has 1 unspecified atom stereocenters. The van der Waals surface area contributed by atoms with Gasteiger partial charge in [0.2, 0.25) is 15.9 Å². The van der Waals surface area contributed by atoms with E-state index in [2.05, 4.69) is 15.5 Å². The molecular weight excluding hydrogens is 344 g/mol. The predicted octanol–water partition coefficient (Wildman–Crippen LogP) is 0.122. The highest BCUT2D eigenvalue weighted by atomic mass is 32.2. The van der Waals surface area contributed by atoms with Gasteiger partial charge in [-0.25, -0.2) is 8.42 Å². The molecule has 0 saturated carbocycles. The molecule has 1 amide bonds. The Kier molecular flexibility index (Phi) is 4.91. The quantitative estimate of drug-likeness (QED) is 0.782. The van der Waals surface area contributed by atoms with E-state index in [0.717, 1.165) is 5.69 Å². The van der Waals surface area contributed by atoms with Crippen molar-refractivity contribution < 1.29 is 13.2 Å². The van der Waals surface area contributed by atoms with Crippen LogP contribution in [0, 0.1) is 0 Å². The predicted molar refractivity (Wildman–Crippen MR) is 90.9 cm³/mol. The number of fused-ring (bicyclic) bond motifs is 1. The van der Waals surface area contributed by atoms with Crippen molar-refractivity contribution in [1.82, 2.24) is 29.2 Å². The molecule has 0 fully saturated rings. The van der Waals surface area contributed by atoms with Gasteiger partial charge < -0.3 is 5.32 Å². The highest BCUT2D eigenvalue weighted by molar-refractivity contribution is 7.88. The third-order valence-corrected chi connectivity index (χ3v) is 5.51. The van der Waals surface area contributed by atoms with Crippen LogP contribution in [0.4, 0.5) is 0 Å². The lowest BCUT2D eigenvalue weighted by Gasteiger charge is -2.25. The Morgan fingerprint density at radius 3 is 2.84 bits per heavy atom. The molecule has 10 heteroatoms. The van der Waals surface area contributed by atoms with E-state index in [0.29, 0.717) is 38.3 Å². The molecule has 0 radical (unpaired) electrons. The van der Waals surface area contributed by atoms with E-state index in [1.54, 1.807) is 27.8 Å². The third-order valence-electron chi connectivity index (χ3n) is 4.26. The van der Waals surface area contributed by atoms with Crippen LogP contribution in [-0.2, 0) is 34.5 Å². The Morgan fingerprint density at radius 2 is 2.20 bits per heavy atom. The van der Waals surface area contributed by atoms with Crippen LogP contribution in [0.5, 0.6) is 0 Å². The van der Waals surface area contributed by atoms with Gasteiger partial charge in [-0.2, -0.15) is 14.5 Å². The Hall–Kier alpha value is -2.20. The van der Waals surface area contributed by atoms with Gasteiger partial charge in [-0.05, 0) is 18.6 Å². The molecular formula is C15H22N6O3S. The smallest absolute Gasteiger partial charge is 0.245 e. The topological polar surface area (TPSA) is 102 Å². The monoisotopic (exact) mass is 366 g/mol. The number of carbonyl (C=O) groups excluding carboxylic acids is 1. The van der Waals surface area contributed by atoms with Crippen LogP contribution in [0.15, 0.2) is 24.5 Å². The van der Waals surface area contributed by atoms with E-state index in [9.17, 15) is 13.2 Å². The van der Waals surface area contributed by atoms with Gasteiger partial charge >= 0.3 is 0 Å². The summed E-state index contributed by atoms with van der Waals surface area (Å²) in [4.78, 5) is 12.4. The summed E-state index contributed by atoms with van der Waals surface area (Å²) < 4.78 is 28.2. The number of amides is 1. The molecule has 2 aromatic rings. The maximum atomic E-state index is 12.4. The second-order valence-corrected chi connectivity index (χ2v) is 8.06. The first-order valence-electron chi connectivity index (χ1n) is 8.16. The van der Waals surface area contributed by atoms with Crippen molar-refractivity contribution in [1.29, 1.82) is 0 Å². The molecule has 0 aliphatic carbocycles. The molecule has 2 aromatic heterocycles. The van der Waals surface area contributed by atoms with Crippen molar-refractivity contribution >= 4 is 15.9 Å². The summed E-state index contributed by atoms with van der Waals surface area (Å²) in [5.74, 6) is -0.116. The van der Waals surface area contributed by atoms with Crippen molar-refractivity contribution in [3.05, 3.63) is 35.9 Å². The standard InChI is InChI=1S/C15H22N6O3S/c1-3-14(21-6-4-5-17-21)15(22)16-10-12-9-13-11-19(25(2,23)24)7-8-20(13)18-12/h4-6,9,14H,3,7-8,10-11H2,1-2H3,(H,16,22). The van der Waals surface area contributed by atoms with E-state index in [-0.39, 0.29) is 11.9 Å². The Balaban J connectivity index is 1.63. The number of rotatable bonds is 6. The van der Waals surface area contributed by atoms with Crippen LogP contribution < -0.4 is 5.32 Å². The molecule has 0 bridgehead atoms. The zero-order chi connectivity index (χ0) is 18.0. The van der Waals surface area contributed by atoms with Crippen LogP contribution >= 0.6 is 0 Å². The van der Waals surface area contributed by atoms with E-state index in [1.165, 1.54) is 10.6 Å². The first kappa shape index (κ1) is 17.6. The van der Waals surface area contributed by atoms with Crippen molar-refractivity contribution in [3.8, 4) is 0 Å². The second kappa shape index (κ2) is 6.96. The average molecular weight is 366 g/mol. The number of sulfonamides is 1. The van der Waals surface area contributed by atoms with Crippen molar-refractivity contribution in [2.75, 3.05) is 12.8 Å². The molecule has 9 nitrogen and oxygen atoms in total. The summed E-state index contributed by atoms with van der Waals surface area (Å²) in [5, 5.41) is 11.4.